The van der Waals surface area contributed by atoms with Gasteiger partial charge in [-0.05, 0) is 50.8 Å². The molecule has 0 atom stereocenters. The van der Waals surface area contributed by atoms with Gasteiger partial charge in [0, 0.05) is 5.56 Å². The predicted molar refractivity (Wildman–Crippen MR) is 67.4 cm³/mol. The second kappa shape index (κ2) is 5.24. The standard InChI is InChI=1S/C14H22O2/c1-6-11-8-13(16-9(3)4)10(5)12(7-2)14(11)15/h8-9,15H,6-7H2,1-5H3. The van der Waals surface area contributed by atoms with Crippen LogP contribution < -0.4 is 4.74 Å². The van der Waals surface area contributed by atoms with Crippen molar-refractivity contribution < 1.29 is 9.84 Å². The first-order valence-corrected chi connectivity index (χ1v) is 6.02. The van der Waals surface area contributed by atoms with E-state index in [1.54, 1.807) is 0 Å². The van der Waals surface area contributed by atoms with E-state index in [1.807, 2.05) is 33.8 Å². The van der Waals surface area contributed by atoms with E-state index in [1.165, 1.54) is 0 Å². The Labute approximate surface area is 98.3 Å². The average Bonchev–Trinajstić information content (AvgIpc) is 2.22. The maximum atomic E-state index is 10.1. The minimum Gasteiger partial charge on any atom is -0.507 e. The molecule has 0 saturated heterocycles. The maximum absolute atomic E-state index is 10.1. The van der Waals surface area contributed by atoms with Gasteiger partial charge in [0.25, 0.3) is 0 Å². The average molecular weight is 222 g/mol. The lowest BCUT2D eigenvalue weighted by atomic mass is 9.98. The summed E-state index contributed by atoms with van der Waals surface area (Å²) in [5.74, 6) is 1.35. The molecule has 0 unspecified atom stereocenters. The maximum Gasteiger partial charge on any atom is 0.123 e. The van der Waals surface area contributed by atoms with Crippen molar-refractivity contribution in [1.82, 2.24) is 0 Å². The van der Waals surface area contributed by atoms with Crippen LogP contribution in [0.1, 0.15) is 44.4 Å². The summed E-state index contributed by atoms with van der Waals surface area (Å²) in [5, 5.41) is 10.1. The van der Waals surface area contributed by atoms with E-state index >= 15 is 0 Å². The van der Waals surface area contributed by atoms with Gasteiger partial charge in [0.2, 0.25) is 0 Å². The topological polar surface area (TPSA) is 29.5 Å². The lowest BCUT2D eigenvalue weighted by Gasteiger charge is -2.18. The Morgan fingerprint density at radius 2 is 1.88 bits per heavy atom. The Bertz CT molecular complexity index is 367. The van der Waals surface area contributed by atoms with Gasteiger partial charge in [0.1, 0.15) is 11.5 Å². The molecule has 1 aromatic carbocycles. The van der Waals surface area contributed by atoms with Crippen LogP contribution in [0.5, 0.6) is 11.5 Å². The Morgan fingerprint density at radius 1 is 1.25 bits per heavy atom. The third-order valence-corrected chi connectivity index (χ3v) is 2.81. The van der Waals surface area contributed by atoms with Crippen molar-refractivity contribution in [3.63, 3.8) is 0 Å². The molecule has 0 amide bonds. The third kappa shape index (κ3) is 2.49. The van der Waals surface area contributed by atoms with Crippen molar-refractivity contribution in [1.29, 1.82) is 0 Å². The van der Waals surface area contributed by atoms with E-state index in [-0.39, 0.29) is 6.10 Å². The number of hydrogen-bond acceptors (Lipinski definition) is 2. The lowest BCUT2D eigenvalue weighted by molar-refractivity contribution is 0.240. The Kier molecular flexibility index (Phi) is 4.22. The lowest BCUT2D eigenvalue weighted by Crippen LogP contribution is -2.08. The fourth-order valence-electron chi connectivity index (χ4n) is 1.93. The summed E-state index contributed by atoms with van der Waals surface area (Å²) in [6.45, 7) is 10.1. The zero-order chi connectivity index (χ0) is 12.3. The summed E-state index contributed by atoms with van der Waals surface area (Å²) >= 11 is 0. The smallest absolute Gasteiger partial charge is 0.123 e. The van der Waals surface area contributed by atoms with Gasteiger partial charge in [-0.3, -0.25) is 0 Å². The summed E-state index contributed by atoms with van der Waals surface area (Å²) in [7, 11) is 0. The Balaban J connectivity index is 3.28. The van der Waals surface area contributed by atoms with Crippen LogP contribution in [0, 0.1) is 6.92 Å². The zero-order valence-electron chi connectivity index (χ0n) is 10.9. The molecular formula is C14H22O2. The fourth-order valence-corrected chi connectivity index (χ4v) is 1.93. The second-order valence-electron chi connectivity index (χ2n) is 4.36. The first kappa shape index (κ1) is 12.9. The van der Waals surface area contributed by atoms with E-state index in [4.69, 9.17) is 4.74 Å². The molecule has 0 aliphatic carbocycles. The largest absolute Gasteiger partial charge is 0.507 e. The summed E-state index contributed by atoms with van der Waals surface area (Å²) in [4.78, 5) is 0. The van der Waals surface area contributed by atoms with Gasteiger partial charge in [-0.25, -0.2) is 0 Å². The van der Waals surface area contributed by atoms with Crippen molar-refractivity contribution >= 4 is 0 Å². The molecular weight excluding hydrogens is 200 g/mol. The number of hydrogen-bond donors (Lipinski definition) is 1. The van der Waals surface area contributed by atoms with Crippen molar-refractivity contribution in [3.8, 4) is 11.5 Å². The molecule has 90 valence electrons. The number of benzene rings is 1. The van der Waals surface area contributed by atoms with E-state index < -0.39 is 0 Å². The quantitative estimate of drug-likeness (QED) is 0.843. The highest BCUT2D eigenvalue weighted by molar-refractivity contribution is 5.52. The van der Waals surface area contributed by atoms with Crippen molar-refractivity contribution in [3.05, 3.63) is 22.8 Å². The molecule has 0 radical (unpaired) electrons. The molecule has 0 saturated carbocycles. The van der Waals surface area contributed by atoms with Crippen LogP contribution in [0.3, 0.4) is 0 Å². The summed E-state index contributed by atoms with van der Waals surface area (Å²) < 4.78 is 5.77. The van der Waals surface area contributed by atoms with Gasteiger partial charge in [0.05, 0.1) is 6.10 Å². The SMILES string of the molecule is CCc1cc(OC(C)C)c(C)c(CC)c1O. The molecule has 0 aliphatic rings. The third-order valence-electron chi connectivity index (χ3n) is 2.81. The van der Waals surface area contributed by atoms with Crippen molar-refractivity contribution in [2.45, 2.75) is 53.6 Å². The summed E-state index contributed by atoms with van der Waals surface area (Å²) in [6, 6.07) is 1.96. The molecule has 0 fully saturated rings. The minimum atomic E-state index is 0.164. The molecule has 1 rings (SSSR count). The van der Waals surface area contributed by atoms with Crippen LogP contribution in [0.2, 0.25) is 0 Å². The number of phenols is 1. The molecule has 0 aromatic heterocycles. The van der Waals surface area contributed by atoms with Crippen LogP contribution >= 0.6 is 0 Å². The van der Waals surface area contributed by atoms with Gasteiger partial charge in [-0.2, -0.15) is 0 Å². The highest BCUT2D eigenvalue weighted by Gasteiger charge is 2.14. The van der Waals surface area contributed by atoms with Crippen LogP contribution in [-0.4, -0.2) is 11.2 Å². The van der Waals surface area contributed by atoms with E-state index in [0.29, 0.717) is 5.75 Å². The number of aryl methyl sites for hydroxylation is 1. The Morgan fingerprint density at radius 3 is 2.31 bits per heavy atom. The van der Waals surface area contributed by atoms with Crippen LogP contribution in [0.15, 0.2) is 6.07 Å². The number of aromatic hydroxyl groups is 1. The first-order chi connectivity index (χ1) is 7.51. The summed E-state index contributed by atoms with van der Waals surface area (Å²) in [5.41, 5.74) is 3.04. The summed E-state index contributed by atoms with van der Waals surface area (Å²) in [6.07, 6.45) is 1.82. The molecule has 2 nitrogen and oxygen atoms in total. The Hall–Kier alpha value is -1.18. The number of ether oxygens (including phenoxy) is 1. The van der Waals surface area contributed by atoms with E-state index in [9.17, 15) is 5.11 Å². The van der Waals surface area contributed by atoms with Gasteiger partial charge in [0.15, 0.2) is 0 Å². The highest BCUT2D eigenvalue weighted by Crippen LogP contribution is 2.34. The van der Waals surface area contributed by atoms with Crippen LogP contribution in [-0.2, 0) is 12.8 Å². The first-order valence-electron chi connectivity index (χ1n) is 6.02. The molecule has 1 N–H and O–H groups in total. The highest BCUT2D eigenvalue weighted by atomic mass is 16.5. The number of phenolic OH excluding ortho intramolecular Hbond substituents is 1. The van der Waals surface area contributed by atoms with Crippen LogP contribution in [0.25, 0.3) is 0 Å². The van der Waals surface area contributed by atoms with E-state index in [2.05, 4.69) is 6.92 Å². The molecule has 2 heteroatoms. The second-order valence-corrected chi connectivity index (χ2v) is 4.36. The van der Waals surface area contributed by atoms with Crippen LogP contribution in [0.4, 0.5) is 0 Å². The number of rotatable bonds is 4. The van der Waals surface area contributed by atoms with Gasteiger partial charge in [-0.1, -0.05) is 13.8 Å². The van der Waals surface area contributed by atoms with Gasteiger partial charge >= 0.3 is 0 Å². The fraction of sp³-hybridized carbons (Fsp3) is 0.571. The monoisotopic (exact) mass is 222 g/mol. The molecule has 1 aromatic rings. The van der Waals surface area contributed by atoms with Gasteiger partial charge < -0.3 is 9.84 Å². The molecule has 0 bridgehead atoms. The van der Waals surface area contributed by atoms with Crippen molar-refractivity contribution in [2.75, 3.05) is 0 Å². The minimum absolute atomic E-state index is 0.164. The molecule has 0 spiro atoms. The molecule has 0 heterocycles. The van der Waals surface area contributed by atoms with E-state index in [0.717, 1.165) is 35.3 Å². The van der Waals surface area contributed by atoms with Crippen molar-refractivity contribution in [2.24, 2.45) is 0 Å². The zero-order valence-corrected chi connectivity index (χ0v) is 10.9. The normalized spacial score (nSPS) is 10.9. The molecule has 16 heavy (non-hydrogen) atoms. The predicted octanol–water partition coefficient (Wildman–Crippen LogP) is 3.61. The van der Waals surface area contributed by atoms with Gasteiger partial charge in [-0.15, -0.1) is 0 Å². The molecule has 0 aliphatic heterocycles.